The number of hydrogen-bond donors (Lipinski definition) is 1. The van der Waals surface area contributed by atoms with Gasteiger partial charge in [0.05, 0.1) is 11.1 Å². The van der Waals surface area contributed by atoms with Crippen molar-refractivity contribution in [3.8, 4) is 11.8 Å². The van der Waals surface area contributed by atoms with E-state index in [0.29, 0.717) is 0 Å². The molecule has 0 aromatic heterocycles. The van der Waals surface area contributed by atoms with Crippen LogP contribution in [-0.4, -0.2) is 17.7 Å². The van der Waals surface area contributed by atoms with Gasteiger partial charge in [-0.15, -0.1) is 0 Å². The molecule has 6 heteroatoms. The zero-order valence-electron chi connectivity index (χ0n) is 8.20. The quantitative estimate of drug-likeness (QED) is 0.858. The van der Waals surface area contributed by atoms with Crippen molar-refractivity contribution in [3.05, 3.63) is 28.8 Å². The van der Waals surface area contributed by atoms with Crippen LogP contribution in [0.2, 0.25) is 0 Å². The van der Waals surface area contributed by atoms with Crippen LogP contribution in [0.4, 0.5) is 8.78 Å². The van der Waals surface area contributed by atoms with E-state index in [9.17, 15) is 13.6 Å². The summed E-state index contributed by atoms with van der Waals surface area (Å²) in [7, 11) is 0. The zero-order valence-corrected chi connectivity index (χ0v) is 8.20. The van der Waals surface area contributed by atoms with E-state index in [4.69, 9.17) is 10.4 Å². The van der Waals surface area contributed by atoms with E-state index in [1.54, 1.807) is 6.07 Å². The van der Waals surface area contributed by atoms with E-state index in [0.717, 1.165) is 6.07 Å². The van der Waals surface area contributed by atoms with Crippen molar-refractivity contribution in [2.24, 2.45) is 0 Å². The predicted octanol–water partition coefficient (Wildman–Crippen LogP) is 2.17. The Morgan fingerprint density at radius 3 is 2.62 bits per heavy atom. The van der Waals surface area contributed by atoms with E-state index in [-0.39, 0.29) is 22.4 Å². The summed E-state index contributed by atoms with van der Waals surface area (Å²) in [5.74, 6) is -1.61. The van der Waals surface area contributed by atoms with Gasteiger partial charge in [0.25, 0.3) is 0 Å². The van der Waals surface area contributed by atoms with Gasteiger partial charge in [0.15, 0.2) is 0 Å². The lowest BCUT2D eigenvalue weighted by atomic mass is 10.0. The lowest BCUT2D eigenvalue weighted by Crippen LogP contribution is -2.07. The molecule has 0 radical (unpaired) electrons. The molecule has 1 aromatic rings. The second kappa shape index (κ2) is 4.57. The number of aryl methyl sites for hydroxylation is 1. The third-order valence-electron chi connectivity index (χ3n) is 1.88. The molecule has 0 aliphatic carbocycles. The first kappa shape index (κ1) is 11.9. The van der Waals surface area contributed by atoms with E-state index >= 15 is 0 Å². The average Bonchev–Trinajstić information content (AvgIpc) is 2.19. The molecule has 1 N–H and O–H groups in total. The molecule has 0 aliphatic rings. The van der Waals surface area contributed by atoms with Gasteiger partial charge in [-0.1, -0.05) is 0 Å². The Bertz CT molecular complexity index is 466. The summed E-state index contributed by atoms with van der Waals surface area (Å²) < 4.78 is 28.1. The summed E-state index contributed by atoms with van der Waals surface area (Å²) in [5.41, 5.74) is -0.169. The van der Waals surface area contributed by atoms with E-state index < -0.39 is 12.6 Å². The van der Waals surface area contributed by atoms with E-state index in [1.807, 2.05) is 0 Å². The second-order valence-corrected chi connectivity index (χ2v) is 2.96. The largest absolute Gasteiger partial charge is 0.478 e. The molecule has 0 saturated heterocycles. The van der Waals surface area contributed by atoms with Crippen LogP contribution >= 0.6 is 0 Å². The molecule has 0 saturated carbocycles. The maximum absolute atomic E-state index is 12.0. The maximum atomic E-state index is 12.0. The number of nitrogens with zero attached hydrogens (tertiary/aromatic N) is 1. The number of carbonyl (C=O) groups is 1. The van der Waals surface area contributed by atoms with Gasteiger partial charge in [0.2, 0.25) is 0 Å². The standard InChI is InChI=1S/C10H7F2NO3/c1-5-2-6(4-13)7(9(14)15)3-8(5)16-10(11)12/h2-3,10H,1H3,(H,14,15). The van der Waals surface area contributed by atoms with E-state index in [1.165, 1.54) is 13.0 Å². The van der Waals surface area contributed by atoms with Gasteiger partial charge in [-0.25, -0.2) is 4.79 Å². The van der Waals surface area contributed by atoms with Crippen LogP contribution in [0.3, 0.4) is 0 Å². The molecule has 4 nitrogen and oxygen atoms in total. The molecule has 0 spiro atoms. The van der Waals surface area contributed by atoms with Gasteiger partial charge < -0.3 is 9.84 Å². The lowest BCUT2D eigenvalue weighted by Gasteiger charge is -2.09. The van der Waals surface area contributed by atoms with Crippen molar-refractivity contribution in [3.63, 3.8) is 0 Å². The molecule has 0 heterocycles. The van der Waals surface area contributed by atoms with Crippen LogP contribution in [-0.2, 0) is 0 Å². The number of halogens is 2. The summed E-state index contributed by atoms with van der Waals surface area (Å²) in [6.45, 7) is -1.59. The minimum Gasteiger partial charge on any atom is -0.478 e. The molecule has 0 fully saturated rings. The Morgan fingerprint density at radius 1 is 1.56 bits per heavy atom. The molecule has 0 atom stereocenters. The Kier molecular flexibility index (Phi) is 3.40. The van der Waals surface area contributed by atoms with Crippen molar-refractivity contribution in [2.75, 3.05) is 0 Å². The number of rotatable bonds is 3. The number of nitriles is 1. The Labute approximate surface area is 89.7 Å². The number of hydrogen-bond acceptors (Lipinski definition) is 3. The minimum absolute atomic E-state index is 0.0911. The zero-order chi connectivity index (χ0) is 12.3. The number of alkyl halides is 2. The Morgan fingerprint density at radius 2 is 2.19 bits per heavy atom. The molecular formula is C10H7F2NO3. The normalized spacial score (nSPS) is 9.94. The molecular weight excluding hydrogens is 220 g/mol. The fraction of sp³-hybridized carbons (Fsp3) is 0.200. The first-order chi connectivity index (χ1) is 7.45. The van der Waals surface area contributed by atoms with Gasteiger partial charge in [0.1, 0.15) is 11.8 Å². The third kappa shape index (κ3) is 2.45. The van der Waals surface area contributed by atoms with Crippen molar-refractivity contribution >= 4 is 5.97 Å². The Balaban J connectivity index is 3.29. The van der Waals surface area contributed by atoms with Gasteiger partial charge in [-0.3, -0.25) is 0 Å². The molecule has 1 rings (SSSR count). The SMILES string of the molecule is Cc1cc(C#N)c(C(=O)O)cc1OC(F)F. The smallest absolute Gasteiger partial charge is 0.387 e. The highest BCUT2D eigenvalue weighted by Gasteiger charge is 2.15. The van der Waals surface area contributed by atoms with Crippen LogP contribution in [0.5, 0.6) is 5.75 Å². The van der Waals surface area contributed by atoms with Crippen LogP contribution in [0.1, 0.15) is 21.5 Å². The summed E-state index contributed by atoms with van der Waals surface area (Å²) in [6, 6.07) is 3.79. The highest BCUT2D eigenvalue weighted by atomic mass is 19.3. The second-order valence-electron chi connectivity index (χ2n) is 2.96. The summed E-state index contributed by atoms with van der Waals surface area (Å²) in [5, 5.41) is 17.4. The molecule has 0 bridgehead atoms. The third-order valence-corrected chi connectivity index (χ3v) is 1.88. The highest BCUT2D eigenvalue weighted by molar-refractivity contribution is 5.91. The average molecular weight is 227 g/mol. The number of benzene rings is 1. The van der Waals surface area contributed by atoms with Crippen LogP contribution in [0, 0.1) is 18.3 Å². The van der Waals surface area contributed by atoms with Gasteiger partial charge in [0, 0.05) is 0 Å². The van der Waals surface area contributed by atoms with Crippen LogP contribution in [0.25, 0.3) is 0 Å². The number of ether oxygens (including phenoxy) is 1. The summed E-state index contributed by atoms with van der Waals surface area (Å²) in [4.78, 5) is 10.7. The van der Waals surface area contributed by atoms with Crippen molar-refractivity contribution in [1.29, 1.82) is 5.26 Å². The maximum Gasteiger partial charge on any atom is 0.387 e. The van der Waals surface area contributed by atoms with E-state index in [2.05, 4.69) is 4.74 Å². The molecule has 0 amide bonds. The molecule has 84 valence electrons. The number of aromatic carboxylic acids is 1. The van der Waals surface area contributed by atoms with Crippen LogP contribution < -0.4 is 4.74 Å². The van der Waals surface area contributed by atoms with Crippen molar-refractivity contribution < 1.29 is 23.4 Å². The Hall–Kier alpha value is -2.16. The van der Waals surface area contributed by atoms with Gasteiger partial charge in [-0.2, -0.15) is 14.0 Å². The molecule has 1 aromatic carbocycles. The lowest BCUT2D eigenvalue weighted by molar-refractivity contribution is -0.0503. The summed E-state index contributed by atoms with van der Waals surface area (Å²) >= 11 is 0. The summed E-state index contributed by atoms with van der Waals surface area (Å²) in [6.07, 6.45) is 0. The topological polar surface area (TPSA) is 70.3 Å². The first-order valence-electron chi connectivity index (χ1n) is 4.18. The monoisotopic (exact) mass is 227 g/mol. The van der Waals surface area contributed by atoms with Gasteiger partial charge in [-0.05, 0) is 24.6 Å². The van der Waals surface area contributed by atoms with Crippen molar-refractivity contribution in [2.45, 2.75) is 13.5 Å². The number of carboxylic acid groups (broad SMARTS) is 1. The minimum atomic E-state index is -3.03. The predicted molar refractivity (Wildman–Crippen MR) is 49.5 cm³/mol. The van der Waals surface area contributed by atoms with Crippen LogP contribution in [0.15, 0.2) is 12.1 Å². The number of carboxylic acids is 1. The molecule has 0 aliphatic heterocycles. The fourth-order valence-electron chi connectivity index (χ4n) is 1.18. The van der Waals surface area contributed by atoms with Crippen molar-refractivity contribution in [1.82, 2.24) is 0 Å². The first-order valence-corrected chi connectivity index (χ1v) is 4.18. The molecule has 0 unspecified atom stereocenters. The highest BCUT2D eigenvalue weighted by Crippen LogP contribution is 2.24. The fourth-order valence-corrected chi connectivity index (χ4v) is 1.18. The van der Waals surface area contributed by atoms with Gasteiger partial charge >= 0.3 is 12.6 Å². The molecule has 16 heavy (non-hydrogen) atoms.